The van der Waals surface area contributed by atoms with Crippen LogP contribution in [-0.2, 0) is 28.5 Å². The molecule has 0 aliphatic carbocycles. The number of esters is 1. The fourth-order valence-electron chi connectivity index (χ4n) is 3.50. The number of carbonyl (C=O) groups excluding carboxylic acids is 2. The average molecular weight is 372 g/mol. The molecule has 7 nitrogen and oxygen atoms in total. The lowest BCUT2D eigenvalue weighted by Crippen LogP contribution is -2.48. The van der Waals surface area contributed by atoms with E-state index in [0.29, 0.717) is 12.7 Å². The second-order valence-electron chi connectivity index (χ2n) is 8.90. The van der Waals surface area contributed by atoms with E-state index >= 15 is 0 Å². The Morgan fingerprint density at radius 2 is 1.88 bits per heavy atom. The number of aliphatic hydroxyl groups is 1. The first-order valence-electron chi connectivity index (χ1n) is 9.22. The molecule has 7 heteroatoms. The van der Waals surface area contributed by atoms with Gasteiger partial charge in [-0.3, -0.25) is 9.59 Å². The first kappa shape index (κ1) is 21.3. The lowest BCUT2D eigenvalue weighted by atomic mass is 9.65. The number of aldehydes is 1. The molecule has 0 spiro atoms. The average Bonchev–Trinajstić information content (AvgIpc) is 2.97. The molecule has 0 bridgehead atoms. The second kappa shape index (κ2) is 7.19. The highest BCUT2D eigenvalue weighted by atomic mass is 16.8. The first-order valence-corrected chi connectivity index (χ1v) is 9.22. The third-order valence-corrected chi connectivity index (χ3v) is 5.61. The molecule has 150 valence electrons. The number of ether oxygens (including phenoxy) is 4. The van der Waals surface area contributed by atoms with Gasteiger partial charge in [-0.2, -0.15) is 0 Å². The van der Waals surface area contributed by atoms with Gasteiger partial charge in [0.15, 0.2) is 24.5 Å². The number of hydrogen-bond donors (Lipinski definition) is 1. The summed E-state index contributed by atoms with van der Waals surface area (Å²) in [6, 6.07) is 0. The molecule has 0 aromatic rings. The summed E-state index contributed by atoms with van der Waals surface area (Å²) >= 11 is 0. The van der Waals surface area contributed by atoms with E-state index in [1.807, 2.05) is 34.6 Å². The molecule has 0 aromatic carbocycles. The van der Waals surface area contributed by atoms with Crippen LogP contribution in [0.15, 0.2) is 0 Å². The monoisotopic (exact) mass is 372 g/mol. The van der Waals surface area contributed by atoms with Crippen LogP contribution in [0.1, 0.15) is 61.3 Å². The minimum absolute atomic E-state index is 0.352. The summed E-state index contributed by atoms with van der Waals surface area (Å²) in [7, 11) is 0. The molecule has 0 amide bonds. The van der Waals surface area contributed by atoms with Gasteiger partial charge in [0.05, 0.1) is 5.41 Å². The molecule has 6 unspecified atom stereocenters. The Labute approximate surface area is 155 Å². The van der Waals surface area contributed by atoms with E-state index in [4.69, 9.17) is 18.9 Å². The Balaban J connectivity index is 2.13. The number of aliphatic hydroxyl groups excluding tert-OH is 1. The normalized spacial score (nSPS) is 34.0. The molecular formula is C19H32O7. The highest BCUT2D eigenvalue weighted by molar-refractivity contribution is 5.79. The smallest absolute Gasteiger partial charge is 0.313 e. The maximum absolute atomic E-state index is 12.9. The van der Waals surface area contributed by atoms with Gasteiger partial charge in [0.2, 0.25) is 0 Å². The van der Waals surface area contributed by atoms with Crippen LogP contribution in [0, 0.1) is 10.8 Å². The lowest BCUT2D eigenvalue weighted by Gasteiger charge is -2.40. The maximum Gasteiger partial charge on any atom is 0.313 e. The van der Waals surface area contributed by atoms with Gasteiger partial charge in [0.1, 0.15) is 18.3 Å². The summed E-state index contributed by atoms with van der Waals surface area (Å²) in [6.07, 6.45) is -2.97. The molecule has 2 aliphatic heterocycles. The number of rotatable bonds is 6. The second-order valence-corrected chi connectivity index (χ2v) is 8.90. The number of carbonyl (C=O) groups is 2. The third kappa shape index (κ3) is 3.81. The van der Waals surface area contributed by atoms with Crippen molar-refractivity contribution >= 4 is 12.3 Å². The van der Waals surface area contributed by atoms with E-state index in [9.17, 15) is 14.7 Å². The largest absolute Gasteiger partial charge is 0.451 e. The van der Waals surface area contributed by atoms with Crippen LogP contribution in [0.25, 0.3) is 0 Å². The molecule has 2 fully saturated rings. The van der Waals surface area contributed by atoms with Crippen molar-refractivity contribution in [2.75, 3.05) is 0 Å². The molecule has 2 aliphatic rings. The van der Waals surface area contributed by atoms with Crippen molar-refractivity contribution in [3.63, 3.8) is 0 Å². The lowest BCUT2D eigenvalue weighted by molar-refractivity contribution is -0.228. The van der Waals surface area contributed by atoms with E-state index in [1.165, 1.54) is 0 Å². The van der Waals surface area contributed by atoms with E-state index in [1.54, 1.807) is 13.8 Å². The summed E-state index contributed by atoms with van der Waals surface area (Å²) in [5, 5.41) is 10.5. The Morgan fingerprint density at radius 1 is 1.27 bits per heavy atom. The van der Waals surface area contributed by atoms with Crippen molar-refractivity contribution in [3.8, 4) is 0 Å². The van der Waals surface area contributed by atoms with Crippen molar-refractivity contribution in [1.29, 1.82) is 0 Å². The van der Waals surface area contributed by atoms with E-state index in [0.717, 1.165) is 6.42 Å². The quantitative estimate of drug-likeness (QED) is 0.564. The summed E-state index contributed by atoms with van der Waals surface area (Å²) in [4.78, 5) is 24.5. The zero-order valence-corrected chi connectivity index (χ0v) is 16.8. The third-order valence-electron chi connectivity index (χ3n) is 5.61. The molecule has 1 N–H and O–H groups in total. The Hall–Kier alpha value is -1.02. The molecule has 0 radical (unpaired) electrons. The minimum Gasteiger partial charge on any atom is -0.451 e. The maximum atomic E-state index is 12.9. The fourth-order valence-corrected chi connectivity index (χ4v) is 3.50. The van der Waals surface area contributed by atoms with Crippen LogP contribution in [0.2, 0.25) is 0 Å². The Kier molecular flexibility index (Phi) is 5.88. The van der Waals surface area contributed by atoms with E-state index in [-0.39, 0.29) is 5.41 Å². The predicted molar refractivity (Wildman–Crippen MR) is 93.1 cm³/mol. The van der Waals surface area contributed by atoms with Gasteiger partial charge in [-0.15, -0.1) is 0 Å². The van der Waals surface area contributed by atoms with Crippen molar-refractivity contribution < 1.29 is 33.6 Å². The standard InChI is InChI=1S/C19H32O7/c1-8-9-19(7,17(2,3)4)16(22)23-11(10-20)13-12(21)14-15(24-13)26-18(5,6)25-14/h10-15,21H,8-9H2,1-7H3. The molecule has 2 heterocycles. The Bertz CT molecular complexity index is 538. The van der Waals surface area contributed by atoms with E-state index < -0.39 is 47.9 Å². The van der Waals surface area contributed by atoms with Crippen molar-refractivity contribution in [3.05, 3.63) is 0 Å². The van der Waals surface area contributed by atoms with E-state index in [2.05, 4.69) is 0 Å². The van der Waals surface area contributed by atoms with Crippen LogP contribution in [0.4, 0.5) is 0 Å². The van der Waals surface area contributed by atoms with Crippen LogP contribution in [-0.4, -0.2) is 53.9 Å². The van der Waals surface area contributed by atoms with Gasteiger partial charge in [-0.05, 0) is 32.6 Å². The van der Waals surface area contributed by atoms with Gasteiger partial charge in [0.25, 0.3) is 0 Å². The summed E-state index contributed by atoms with van der Waals surface area (Å²) in [6.45, 7) is 13.2. The van der Waals surface area contributed by atoms with Crippen LogP contribution >= 0.6 is 0 Å². The number of fused-ring (bicyclic) bond motifs is 1. The number of hydrogen-bond acceptors (Lipinski definition) is 7. The molecule has 6 atom stereocenters. The minimum atomic E-state index is -1.23. The topological polar surface area (TPSA) is 91.3 Å². The summed E-state index contributed by atoms with van der Waals surface area (Å²) in [5.41, 5.74) is -1.12. The van der Waals surface area contributed by atoms with Crippen LogP contribution in [0.3, 0.4) is 0 Å². The van der Waals surface area contributed by atoms with Crippen molar-refractivity contribution in [2.45, 2.75) is 97.8 Å². The Morgan fingerprint density at radius 3 is 2.35 bits per heavy atom. The first-order chi connectivity index (χ1) is 11.9. The van der Waals surface area contributed by atoms with Gasteiger partial charge in [-0.25, -0.2) is 0 Å². The van der Waals surface area contributed by atoms with Crippen LogP contribution in [0.5, 0.6) is 0 Å². The summed E-state index contributed by atoms with van der Waals surface area (Å²) in [5.74, 6) is -1.35. The predicted octanol–water partition coefficient (Wildman–Crippen LogP) is 2.19. The molecule has 0 saturated carbocycles. The highest BCUT2D eigenvalue weighted by Crippen LogP contribution is 2.44. The van der Waals surface area contributed by atoms with Crippen molar-refractivity contribution in [1.82, 2.24) is 0 Å². The van der Waals surface area contributed by atoms with Gasteiger partial charge >= 0.3 is 5.97 Å². The van der Waals surface area contributed by atoms with Gasteiger partial charge < -0.3 is 24.1 Å². The molecule has 2 saturated heterocycles. The molecule has 26 heavy (non-hydrogen) atoms. The van der Waals surface area contributed by atoms with Crippen molar-refractivity contribution in [2.24, 2.45) is 10.8 Å². The summed E-state index contributed by atoms with van der Waals surface area (Å²) < 4.78 is 22.3. The fraction of sp³-hybridized carbons (Fsp3) is 0.895. The molecular weight excluding hydrogens is 340 g/mol. The SMILES string of the molecule is CCCC(C)(C(=O)OC(C=O)C1OC2OC(C)(C)OC2C1O)C(C)(C)C. The zero-order valence-electron chi connectivity index (χ0n) is 16.8. The molecule has 2 rings (SSSR count). The highest BCUT2D eigenvalue weighted by Gasteiger charge is 2.57. The van der Waals surface area contributed by atoms with Crippen LogP contribution < -0.4 is 0 Å². The van der Waals surface area contributed by atoms with Gasteiger partial charge in [-0.1, -0.05) is 34.1 Å². The zero-order chi connectivity index (χ0) is 19.9. The molecule has 0 aromatic heterocycles. The van der Waals surface area contributed by atoms with Gasteiger partial charge in [0, 0.05) is 0 Å².